The summed E-state index contributed by atoms with van der Waals surface area (Å²) in [7, 11) is 0. The molecular weight excluding hydrogens is 286 g/mol. The second-order valence-electron chi connectivity index (χ2n) is 5.40. The van der Waals surface area contributed by atoms with Crippen molar-refractivity contribution in [3.63, 3.8) is 0 Å². The normalized spacial score (nSPS) is 15.4. The van der Waals surface area contributed by atoms with Crippen molar-refractivity contribution < 1.29 is 19.5 Å². The van der Waals surface area contributed by atoms with E-state index in [1.165, 1.54) is 0 Å². The van der Waals surface area contributed by atoms with Crippen LogP contribution in [0.4, 0.5) is 10.5 Å². The van der Waals surface area contributed by atoms with E-state index >= 15 is 0 Å². The molecule has 4 N–H and O–H groups in total. The van der Waals surface area contributed by atoms with Gasteiger partial charge in [-0.3, -0.25) is 9.59 Å². The smallest absolute Gasteiger partial charge is 0.316 e. The summed E-state index contributed by atoms with van der Waals surface area (Å²) in [6, 6.07) is 5.86. The van der Waals surface area contributed by atoms with Gasteiger partial charge in [-0.2, -0.15) is 0 Å². The number of hydrogen-bond acceptors (Lipinski definition) is 3. The number of anilines is 1. The number of rotatable bonds is 4. The third kappa shape index (κ3) is 4.21. The predicted octanol–water partition coefficient (Wildman–Crippen LogP) is 1.50. The largest absolute Gasteiger partial charge is 0.481 e. The van der Waals surface area contributed by atoms with Crippen LogP contribution in [0, 0.1) is 5.92 Å². The monoisotopic (exact) mass is 305 g/mol. The molecular formula is C15H19N3O4. The van der Waals surface area contributed by atoms with Crippen molar-refractivity contribution >= 4 is 23.6 Å². The minimum absolute atomic E-state index is 0.0839. The Balaban J connectivity index is 1.92. The van der Waals surface area contributed by atoms with E-state index in [-0.39, 0.29) is 18.2 Å². The van der Waals surface area contributed by atoms with Crippen molar-refractivity contribution in [1.29, 1.82) is 0 Å². The second-order valence-corrected chi connectivity index (χ2v) is 5.40. The summed E-state index contributed by atoms with van der Waals surface area (Å²) in [6.45, 7) is 1.14. The summed E-state index contributed by atoms with van der Waals surface area (Å²) in [6.07, 6.45) is 1.58. The van der Waals surface area contributed by atoms with Gasteiger partial charge < -0.3 is 21.1 Å². The highest BCUT2D eigenvalue weighted by Gasteiger charge is 2.24. The molecule has 22 heavy (non-hydrogen) atoms. The van der Waals surface area contributed by atoms with Crippen LogP contribution in [0.3, 0.4) is 0 Å². The van der Waals surface area contributed by atoms with Crippen LogP contribution in [0.2, 0.25) is 0 Å². The highest BCUT2D eigenvalue weighted by atomic mass is 16.4. The molecule has 3 amide bonds. The Labute approximate surface area is 128 Å². The van der Waals surface area contributed by atoms with Crippen LogP contribution in [0.1, 0.15) is 29.6 Å². The van der Waals surface area contributed by atoms with Crippen LogP contribution < -0.4 is 11.1 Å². The molecule has 1 saturated heterocycles. The number of piperidine rings is 1. The first kappa shape index (κ1) is 15.8. The molecule has 0 bridgehead atoms. The summed E-state index contributed by atoms with van der Waals surface area (Å²) >= 11 is 0. The standard InChI is InChI=1S/C15H19N3O4/c16-15(22)17-12-3-1-11(2-4-12)14(21)18-7-5-10(6-8-18)9-13(19)20/h1-4,10H,5-9H2,(H,19,20)(H3,16,17,22). The molecule has 2 rings (SSSR count). The first-order chi connectivity index (χ1) is 10.5. The number of carbonyl (C=O) groups excluding carboxylic acids is 2. The fourth-order valence-corrected chi connectivity index (χ4v) is 2.61. The average molecular weight is 305 g/mol. The average Bonchev–Trinajstić information content (AvgIpc) is 2.47. The molecule has 1 aromatic carbocycles. The van der Waals surface area contributed by atoms with Crippen molar-refractivity contribution in [3.05, 3.63) is 29.8 Å². The topological polar surface area (TPSA) is 113 Å². The number of nitrogens with two attached hydrogens (primary N) is 1. The lowest BCUT2D eigenvalue weighted by molar-refractivity contribution is -0.138. The molecule has 0 spiro atoms. The van der Waals surface area contributed by atoms with Gasteiger partial charge in [0, 0.05) is 30.8 Å². The Hall–Kier alpha value is -2.57. The number of carboxylic acid groups (broad SMARTS) is 1. The number of aliphatic carboxylic acids is 1. The number of likely N-dealkylation sites (tertiary alicyclic amines) is 1. The Kier molecular flexibility index (Phi) is 4.98. The SMILES string of the molecule is NC(=O)Nc1ccc(C(=O)N2CCC(CC(=O)O)CC2)cc1. The molecule has 0 aliphatic carbocycles. The number of urea groups is 1. The number of nitrogens with zero attached hydrogens (tertiary/aromatic N) is 1. The summed E-state index contributed by atoms with van der Waals surface area (Å²) in [5.74, 6) is -0.731. The number of carboxylic acids is 1. The van der Waals surface area contributed by atoms with Crippen molar-refractivity contribution in [1.82, 2.24) is 4.90 Å². The lowest BCUT2D eigenvalue weighted by Crippen LogP contribution is -2.38. The van der Waals surface area contributed by atoms with E-state index in [1.807, 2.05) is 0 Å². The predicted molar refractivity (Wildman–Crippen MR) is 80.5 cm³/mol. The van der Waals surface area contributed by atoms with Crippen LogP contribution in [-0.4, -0.2) is 41.0 Å². The molecule has 0 atom stereocenters. The van der Waals surface area contributed by atoms with E-state index in [0.29, 0.717) is 37.2 Å². The minimum atomic E-state index is -0.790. The third-order valence-electron chi connectivity index (χ3n) is 3.76. The molecule has 0 radical (unpaired) electrons. The van der Waals surface area contributed by atoms with Crippen molar-refractivity contribution in [2.24, 2.45) is 11.7 Å². The number of nitrogens with one attached hydrogen (secondary N) is 1. The van der Waals surface area contributed by atoms with Gasteiger partial charge in [0.15, 0.2) is 0 Å². The van der Waals surface area contributed by atoms with Gasteiger partial charge >= 0.3 is 12.0 Å². The molecule has 1 aliphatic rings. The van der Waals surface area contributed by atoms with Gasteiger partial charge in [0.05, 0.1) is 0 Å². The molecule has 118 valence electrons. The number of carbonyl (C=O) groups is 3. The fourth-order valence-electron chi connectivity index (χ4n) is 2.61. The maximum absolute atomic E-state index is 12.4. The Morgan fingerprint density at radius 3 is 2.27 bits per heavy atom. The van der Waals surface area contributed by atoms with Crippen LogP contribution in [-0.2, 0) is 4.79 Å². The Morgan fingerprint density at radius 1 is 1.18 bits per heavy atom. The summed E-state index contributed by atoms with van der Waals surface area (Å²) in [4.78, 5) is 35.5. The van der Waals surface area contributed by atoms with Gasteiger partial charge in [-0.25, -0.2) is 4.79 Å². The van der Waals surface area contributed by atoms with E-state index in [4.69, 9.17) is 10.8 Å². The van der Waals surface area contributed by atoms with Crippen LogP contribution in [0.5, 0.6) is 0 Å². The minimum Gasteiger partial charge on any atom is -0.481 e. The van der Waals surface area contributed by atoms with Gasteiger partial charge in [-0.05, 0) is 43.0 Å². The quantitative estimate of drug-likeness (QED) is 0.782. The number of hydrogen-bond donors (Lipinski definition) is 3. The number of amides is 3. The van der Waals surface area contributed by atoms with Crippen LogP contribution >= 0.6 is 0 Å². The number of benzene rings is 1. The van der Waals surface area contributed by atoms with Crippen molar-refractivity contribution in [2.45, 2.75) is 19.3 Å². The highest BCUT2D eigenvalue weighted by molar-refractivity contribution is 5.95. The lowest BCUT2D eigenvalue weighted by atomic mass is 9.93. The molecule has 7 nitrogen and oxygen atoms in total. The lowest BCUT2D eigenvalue weighted by Gasteiger charge is -2.31. The summed E-state index contributed by atoms with van der Waals surface area (Å²) in [5.41, 5.74) is 6.09. The van der Waals surface area contributed by atoms with E-state index in [1.54, 1.807) is 29.2 Å². The van der Waals surface area contributed by atoms with E-state index in [9.17, 15) is 14.4 Å². The zero-order valence-corrected chi connectivity index (χ0v) is 12.1. The summed E-state index contributed by atoms with van der Waals surface area (Å²) in [5, 5.41) is 11.2. The van der Waals surface area contributed by atoms with E-state index < -0.39 is 12.0 Å². The maximum atomic E-state index is 12.4. The highest BCUT2D eigenvalue weighted by Crippen LogP contribution is 2.22. The molecule has 7 heteroatoms. The molecule has 1 aliphatic heterocycles. The first-order valence-corrected chi connectivity index (χ1v) is 7.13. The van der Waals surface area contributed by atoms with Gasteiger partial charge in [-0.15, -0.1) is 0 Å². The molecule has 0 unspecified atom stereocenters. The van der Waals surface area contributed by atoms with Gasteiger partial charge in [0.1, 0.15) is 0 Å². The van der Waals surface area contributed by atoms with E-state index in [0.717, 1.165) is 0 Å². The summed E-state index contributed by atoms with van der Waals surface area (Å²) < 4.78 is 0. The third-order valence-corrected chi connectivity index (χ3v) is 3.76. The molecule has 1 fully saturated rings. The van der Waals surface area contributed by atoms with Crippen LogP contribution in [0.25, 0.3) is 0 Å². The van der Waals surface area contributed by atoms with Crippen molar-refractivity contribution in [3.8, 4) is 0 Å². The zero-order valence-electron chi connectivity index (χ0n) is 12.1. The first-order valence-electron chi connectivity index (χ1n) is 7.13. The van der Waals surface area contributed by atoms with Gasteiger partial charge in [0.2, 0.25) is 0 Å². The fraction of sp³-hybridized carbons (Fsp3) is 0.400. The molecule has 0 saturated carbocycles. The zero-order chi connectivity index (χ0) is 16.1. The van der Waals surface area contributed by atoms with E-state index in [2.05, 4.69) is 5.32 Å². The molecule has 1 heterocycles. The Bertz CT molecular complexity index is 563. The number of primary amides is 1. The van der Waals surface area contributed by atoms with Crippen molar-refractivity contribution in [2.75, 3.05) is 18.4 Å². The molecule has 1 aromatic rings. The molecule has 0 aromatic heterocycles. The van der Waals surface area contributed by atoms with Gasteiger partial charge in [-0.1, -0.05) is 0 Å². The van der Waals surface area contributed by atoms with Gasteiger partial charge in [0.25, 0.3) is 5.91 Å². The van der Waals surface area contributed by atoms with Crippen LogP contribution in [0.15, 0.2) is 24.3 Å². The maximum Gasteiger partial charge on any atom is 0.316 e. The Morgan fingerprint density at radius 2 is 1.77 bits per heavy atom. The second kappa shape index (κ2) is 6.93.